The number of carbonyl (C=O) groups is 1. The minimum absolute atomic E-state index is 0.276. The van der Waals surface area contributed by atoms with Gasteiger partial charge in [-0.05, 0) is 42.3 Å². The molecule has 0 saturated carbocycles. The van der Waals surface area contributed by atoms with E-state index in [0.29, 0.717) is 21.3 Å². The second-order valence-electron chi connectivity index (χ2n) is 5.79. The summed E-state index contributed by atoms with van der Waals surface area (Å²) in [5.41, 5.74) is 5.94. The van der Waals surface area contributed by atoms with Crippen molar-refractivity contribution in [2.75, 3.05) is 0 Å². The first-order valence-electron chi connectivity index (χ1n) is 8.10. The van der Waals surface area contributed by atoms with Crippen LogP contribution in [-0.2, 0) is 0 Å². The monoisotopic (exact) mass is 398 g/mol. The molecule has 0 saturated heterocycles. The van der Waals surface area contributed by atoms with Crippen LogP contribution in [0.15, 0.2) is 65.3 Å². The predicted octanol–water partition coefficient (Wildman–Crippen LogP) is 5.20. The van der Waals surface area contributed by atoms with Crippen molar-refractivity contribution >= 4 is 41.4 Å². The summed E-state index contributed by atoms with van der Waals surface area (Å²) in [4.78, 5) is 12.2. The van der Waals surface area contributed by atoms with Gasteiger partial charge in [-0.3, -0.25) is 9.89 Å². The maximum Gasteiger partial charge on any atom is 0.289 e. The first-order valence-corrected chi connectivity index (χ1v) is 8.86. The number of hydrogen-bond acceptors (Lipinski definition) is 3. The molecule has 0 fully saturated rings. The fourth-order valence-corrected chi connectivity index (χ4v) is 2.88. The summed E-state index contributed by atoms with van der Waals surface area (Å²) in [6, 6.07) is 16.5. The molecule has 27 heavy (non-hydrogen) atoms. The van der Waals surface area contributed by atoms with Crippen LogP contribution in [0.3, 0.4) is 0 Å². The quantitative estimate of drug-likeness (QED) is 0.457. The molecule has 2 aromatic carbocycles. The molecule has 2 N–H and O–H groups in total. The van der Waals surface area contributed by atoms with Gasteiger partial charge in [-0.25, -0.2) is 5.43 Å². The lowest BCUT2D eigenvalue weighted by molar-refractivity contribution is 0.0950. The van der Waals surface area contributed by atoms with Gasteiger partial charge in [0.05, 0.1) is 16.9 Å². The zero-order valence-electron chi connectivity index (χ0n) is 14.4. The Balaban J connectivity index is 1.65. The highest BCUT2D eigenvalue weighted by molar-refractivity contribution is 6.36. The second kappa shape index (κ2) is 8.66. The summed E-state index contributed by atoms with van der Waals surface area (Å²) in [6.45, 7) is 1.90. The van der Waals surface area contributed by atoms with E-state index in [4.69, 9.17) is 23.2 Å². The number of H-pyrrole nitrogens is 1. The van der Waals surface area contributed by atoms with Crippen molar-refractivity contribution in [3.63, 3.8) is 0 Å². The number of aromatic nitrogens is 2. The zero-order chi connectivity index (χ0) is 19.2. The molecule has 0 aliphatic heterocycles. The van der Waals surface area contributed by atoms with Crippen LogP contribution in [0.4, 0.5) is 0 Å². The molecule has 0 bridgehead atoms. The third-order valence-electron chi connectivity index (χ3n) is 3.66. The normalized spacial score (nSPS) is 11.7. The number of hydrogen-bond donors (Lipinski definition) is 2. The summed E-state index contributed by atoms with van der Waals surface area (Å²) >= 11 is 12.1. The molecule has 0 atom stereocenters. The standard InChI is InChI=1S/C20H16Cl2N4O/c1-13(9-14-5-3-2-4-6-14)12-23-26-20(27)19-11-18(24-25-19)16-8-7-15(21)10-17(16)22/h2-12H,1H3,(H,24,25)(H,26,27)/b13-9+,23-12-. The topological polar surface area (TPSA) is 70.1 Å². The van der Waals surface area contributed by atoms with Crippen molar-refractivity contribution in [1.82, 2.24) is 15.6 Å². The SMILES string of the molecule is CC(/C=N\NC(=O)c1cc(-c2ccc(Cl)cc2Cl)n[nH]1)=C\c1ccccc1. The molecular formula is C20H16Cl2N4O. The molecule has 0 radical (unpaired) electrons. The van der Waals surface area contributed by atoms with Crippen LogP contribution in [0.1, 0.15) is 23.0 Å². The number of nitrogens with zero attached hydrogens (tertiary/aromatic N) is 2. The summed E-state index contributed by atoms with van der Waals surface area (Å²) in [5.74, 6) is -0.400. The van der Waals surface area contributed by atoms with E-state index in [-0.39, 0.29) is 5.69 Å². The first-order chi connectivity index (χ1) is 13.0. The Morgan fingerprint density at radius 1 is 1.15 bits per heavy atom. The number of carbonyl (C=O) groups excluding carboxylic acids is 1. The summed E-state index contributed by atoms with van der Waals surface area (Å²) < 4.78 is 0. The Morgan fingerprint density at radius 2 is 1.93 bits per heavy atom. The number of rotatable bonds is 5. The van der Waals surface area contributed by atoms with Gasteiger partial charge in [-0.15, -0.1) is 0 Å². The fourth-order valence-electron chi connectivity index (χ4n) is 2.38. The molecule has 0 unspecified atom stereocenters. The summed E-state index contributed by atoms with van der Waals surface area (Å²) in [6.07, 6.45) is 3.55. The molecule has 1 heterocycles. The Hall–Kier alpha value is -2.89. The van der Waals surface area contributed by atoms with Crippen LogP contribution in [0.25, 0.3) is 17.3 Å². The molecule has 0 spiro atoms. The highest BCUT2D eigenvalue weighted by Gasteiger charge is 2.12. The minimum Gasteiger partial charge on any atom is -0.272 e. The van der Waals surface area contributed by atoms with Gasteiger partial charge >= 0.3 is 0 Å². The van der Waals surface area contributed by atoms with E-state index in [1.54, 1.807) is 30.5 Å². The molecule has 1 amide bonds. The van der Waals surface area contributed by atoms with Crippen LogP contribution in [0, 0.1) is 0 Å². The van der Waals surface area contributed by atoms with Gasteiger partial charge in [0.25, 0.3) is 5.91 Å². The van der Waals surface area contributed by atoms with Crippen LogP contribution in [-0.4, -0.2) is 22.3 Å². The lowest BCUT2D eigenvalue weighted by Crippen LogP contribution is -2.17. The average Bonchev–Trinajstić information content (AvgIpc) is 3.12. The molecule has 3 rings (SSSR count). The van der Waals surface area contributed by atoms with Crippen molar-refractivity contribution in [3.8, 4) is 11.3 Å². The van der Waals surface area contributed by atoms with Crippen molar-refractivity contribution in [3.05, 3.63) is 81.5 Å². The maximum atomic E-state index is 12.2. The van der Waals surface area contributed by atoms with E-state index in [2.05, 4.69) is 20.7 Å². The number of aromatic amines is 1. The average molecular weight is 399 g/mol. The van der Waals surface area contributed by atoms with Crippen molar-refractivity contribution < 1.29 is 4.79 Å². The number of hydrazone groups is 1. The first kappa shape index (κ1) is 18.9. The largest absolute Gasteiger partial charge is 0.289 e. The molecule has 5 nitrogen and oxygen atoms in total. The highest BCUT2D eigenvalue weighted by Crippen LogP contribution is 2.29. The van der Waals surface area contributed by atoms with Crippen LogP contribution < -0.4 is 5.43 Å². The van der Waals surface area contributed by atoms with E-state index < -0.39 is 5.91 Å². The van der Waals surface area contributed by atoms with Crippen molar-refractivity contribution in [2.24, 2.45) is 5.10 Å². The molecule has 1 aromatic heterocycles. The number of halogens is 2. The smallest absolute Gasteiger partial charge is 0.272 e. The Labute approximate surface area is 166 Å². The van der Waals surface area contributed by atoms with Crippen LogP contribution in [0.2, 0.25) is 10.0 Å². The van der Waals surface area contributed by atoms with E-state index in [0.717, 1.165) is 11.1 Å². The van der Waals surface area contributed by atoms with Crippen LogP contribution in [0.5, 0.6) is 0 Å². The lowest BCUT2D eigenvalue weighted by Gasteiger charge is -2.00. The summed E-state index contributed by atoms with van der Waals surface area (Å²) in [7, 11) is 0. The van der Waals surface area contributed by atoms with Gasteiger partial charge in [0.1, 0.15) is 5.69 Å². The van der Waals surface area contributed by atoms with E-state index >= 15 is 0 Å². The summed E-state index contributed by atoms with van der Waals surface area (Å²) in [5, 5.41) is 11.8. The number of nitrogens with one attached hydrogen (secondary N) is 2. The van der Waals surface area contributed by atoms with Gasteiger partial charge in [0.2, 0.25) is 0 Å². The van der Waals surface area contributed by atoms with Crippen LogP contribution >= 0.6 is 23.2 Å². The van der Waals surface area contributed by atoms with Gasteiger partial charge in [0, 0.05) is 10.6 Å². The van der Waals surface area contributed by atoms with Gasteiger partial charge in [-0.2, -0.15) is 10.2 Å². The Morgan fingerprint density at radius 3 is 2.67 bits per heavy atom. The van der Waals surface area contributed by atoms with E-state index in [1.165, 1.54) is 0 Å². The van der Waals surface area contributed by atoms with E-state index in [1.807, 2.05) is 43.3 Å². The molecule has 0 aliphatic rings. The number of amides is 1. The third-order valence-corrected chi connectivity index (χ3v) is 4.21. The lowest BCUT2D eigenvalue weighted by atomic mass is 10.1. The fraction of sp³-hybridized carbons (Fsp3) is 0.0500. The maximum absolute atomic E-state index is 12.2. The highest BCUT2D eigenvalue weighted by atomic mass is 35.5. The second-order valence-corrected chi connectivity index (χ2v) is 6.63. The zero-order valence-corrected chi connectivity index (χ0v) is 15.9. The Bertz CT molecular complexity index is 1010. The molecule has 136 valence electrons. The Kier molecular flexibility index (Phi) is 6.06. The number of allylic oxidation sites excluding steroid dienone is 1. The minimum atomic E-state index is -0.400. The molecule has 0 aliphatic carbocycles. The van der Waals surface area contributed by atoms with E-state index in [9.17, 15) is 4.79 Å². The van der Waals surface area contributed by atoms with Crippen molar-refractivity contribution in [1.29, 1.82) is 0 Å². The third kappa shape index (κ3) is 5.06. The van der Waals surface area contributed by atoms with Gasteiger partial charge < -0.3 is 0 Å². The van der Waals surface area contributed by atoms with Gasteiger partial charge in [-0.1, -0.05) is 59.6 Å². The van der Waals surface area contributed by atoms with Crippen molar-refractivity contribution in [2.45, 2.75) is 6.92 Å². The number of benzene rings is 2. The molecule has 7 heteroatoms. The predicted molar refractivity (Wildman–Crippen MR) is 110 cm³/mol. The molecule has 3 aromatic rings. The molecular weight excluding hydrogens is 383 g/mol. The van der Waals surface area contributed by atoms with Gasteiger partial charge in [0.15, 0.2) is 0 Å².